The molecule has 0 fully saturated rings. The Labute approximate surface area is 160 Å². The van der Waals surface area contributed by atoms with Gasteiger partial charge in [-0.3, -0.25) is 9.52 Å². The number of hydrogen-bond donors (Lipinski definition) is 3. The Morgan fingerprint density at radius 1 is 1.04 bits per heavy atom. The second-order valence-electron chi connectivity index (χ2n) is 5.81. The fourth-order valence-corrected chi connectivity index (χ4v) is 3.67. The van der Waals surface area contributed by atoms with Crippen LogP contribution in [0.5, 0.6) is 0 Å². The average Bonchev–Trinajstić information content (AvgIpc) is 2.54. The van der Waals surface area contributed by atoms with Gasteiger partial charge in [-0.2, -0.15) is 0 Å². The summed E-state index contributed by atoms with van der Waals surface area (Å²) in [6, 6.07) is 11.8. The lowest BCUT2D eigenvalue weighted by molar-refractivity contribution is 0.0954. The van der Waals surface area contributed by atoms with Crippen molar-refractivity contribution in [2.75, 3.05) is 24.9 Å². The predicted molar refractivity (Wildman–Crippen MR) is 107 cm³/mol. The molecular formula is C18H24ClN3O3S. The van der Waals surface area contributed by atoms with Crippen LogP contribution < -0.4 is 15.4 Å². The number of rotatable bonds is 7. The Bertz CT molecular complexity index is 870. The van der Waals surface area contributed by atoms with Crippen molar-refractivity contribution >= 4 is 34.0 Å². The summed E-state index contributed by atoms with van der Waals surface area (Å²) in [4.78, 5) is 12.3. The van der Waals surface area contributed by atoms with Gasteiger partial charge in [-0.25, -0.2) is 8.42 Å². The van der Waals surface area contributed by atoms with Crippen LogP contribution in [0, 0.1) is 13.8 Å². The Morgan fingerprint density at radius 2 is 1.77 bits per heavy atom. The molecule has 0 saturated carbocycles. The number of carbonyl (C=O) groups is 1. The fraction of sp³-hybridized carbons (Fsp3) is 0.278. The second kappa shape index (κ2) is 9.56. The van der Waals surface area contributed by atoms with Crippen molar-refractivity contribution in [1.29, 1.82) is 0 Å². The molecule has 0 radical (unpaired) electrons. The summed E-state index contributed by atoms with van der Waals surface area (Å²) in [6.07, 6.45) is 0. The summed E-state index contributed by atoms with van der Waals surface area (Å²) in [5, 5.41) is 5.67. The van der Waals surface area contributed by atoms with Crippen LogP contribution in [0.15, 0.2) is 47.4 Å². The number of carbonyl (C=O) groups excluding carboxylic acids is 1. The third kappa shape index (κ3) is 5.72. The van der Waals surface area contributed by atoms with Crippen LogP contribution in [0.4, 0.5) is 5.69 Å². The smallest absolute Gasteiger partial charge is 0.262 e. The molecule has 0 saturated heterocycles. The molecule has 0 aliphatic heterocycles. The number of aryl methyl sites for hydroxylation is 2. The highest BCUT2D eigenvalue weighted by molar-refractivity contribution is 7.92. The fourth-order valence-electron chi connectivity index (χ4n) is 2.35. The lowest BCUT2D eigenvalue weighted by atomic mass is 10.1. The molecule has 26 heavy (non-hydrogen) atoms. The van der Waals surface area contributed by atoms with E-state index in [-0.39, 0.29) is 23.2 Å². The van der Waals surface area contributed by atoms with Gasteiger partial charge < -0.3 is 10.6 Å². The van der Waals surface area contributed by atoms with Crippen LogP contribution in [-0.4, -0.2) is 34.5 Å². The largest absolute Gasteiger partial charge is 0.351 e. The SMILES string of the molecule is CNCCNC(=O)c1ccc(C)c(S(=O)(=O)Nc2cccc(C)c2)c1.Cl. The minimum absolute atomic E-state index is 0. The molecule has 0 unspecified atom stereocenters. The highest BCUT2D eigenvalue weighted by atomic mass is 35.5. The number of sulfonamides is 1. The maximum Gasteiger partial charge on any atom is 0.262 e. The van der Waals surface area contributed by atoms with Crippen LogP contribution >= 0.6 is 12.4 Å². The summed E-state index contributed by atoms with van der Waals surface area (Å²) in [7, 11) is -1.99. The topological polar surface area (TPSA) is 87.3 Å². The first kappa shape index (κ1) is 22.0. The van der Waals surface area contributed by atoms with Crippen molar-refractivity contribution in [3.05, 3.63) is 59.2 Å². The zero-order valence-corrected chi connectivity index (χ0v) is 16.6. The van der Waals surface area contributed by atoms with Crippen molar-refractivity contribution in [1.82, 2.24) is 10.6 Å². The van der Waals surface area contributed by atoms with E-state index in [0.717, 1.165) is 5.56 Å². The minimum atomic E-state index is -3.78. The Balaban J connectivity index is 0.00000338. The maximum atomic E-state index is 12.7. The number of anilines is 1. The lowest BCUT2D eigenvalue weighted by Crippen LogP contribution is -2.30. The minimum Gasteiger partial charge on any atom is -0.351 e. The molecule has 0 heterocycles. The molecule has 2 aromatic carbocycles. The Morgan fingerprint density at radius 3 is 2.42 bits per heavy atom. The predicted octanol–water partition coefficient (Wildman–Crippen LogP) is 2.48. The van der Waals surface area contributed by atoms with Gasteiger partial charge in [-0.05, 0) is 56.3 Å². The van der Waals surface area contributed by atoms with Crippen LogP contribution in [-0.2, 0) is 10.0 Å². The number of benzene rings is 2. The number of amides is 1. The number of halogens is 1. The van der Waals surface area contributed by atoms with E-state index in [4.69, 9.17) is 0 Å². The van der Waals surface area contributed by atoms with E-state index in [0.29, 0.717) is 29.9 Å². The molecule has 0 bridgehead atoms. The summed E-state index contributed by atoms with van der Waals surface area (Å²) in [5.74, 6) is -0.303. The molecule has 2 rings (SSSR count). The summed E-state index contributed by atoms with van der Waals surface area (Å²) in [6.45, 7) is 4.69. The highest BCUT2D eigenvalue weighted by Crippen LogP contribution is 2.21. The monoisotopic (exact) mass is 397 g/mol. The van der Waals surface area contributed by atoms with E-state index in [1.54, 1.807) is 44.3 Å². The van der Waals surface area contributed by atoms with Gasteiger partial charge in [-0.15, -0.1) is 12.4 Å². The molecule has 0 aliphatic carbocycles. The molecule has 0 atom stereocenters. The third-order valence-electron chi connectivity index (χ3n) is 3.67. The summed E-state index contributed by atoms with van der Waals surface area (Å²) >= 11 is 0. The van der Waals surface area contributed by atoms with Gasteiger partial charge in [0.2, 0.25) is 0 Å². The third-order valence-corrected chi connectivity index (χ3v) is 5.19. The van der Waals surface area contributed by atoms with E-state index in [2.05, 4.69) is 15.4 Å². The van der Waals surface area contributed by atoms with E-state index in [9.17, 15) is 13.2 Å². The van der Waals surface area contributed by atoms with Gasteiger partial charge in [0.05, 0.1) is 4.90 Å². The van der Waals surface area contributed by atoms with Crippen molar-refractivity contribution in [3.8, 4) is 0 Å². The van der Waals surface area contributed by atoms with E-state index in [1.807, 2.05) is 13.0 Å². The van der Waals surface area contributed by atoms with Gasteiger partial charge in [0.1, 0.15) is 0 Å². The quantitative estimate of drug-likeness (QED) is 0.626. The highest BCUT2D eigenvalue weighted by Gasteiger charge is 2.19. The van der Waals surface area contributed by atoms with Crippen molar-refractivity contribution < 1.29 is 13.2 Å². The molecule has 2 aromatic rings. The Hall–Kier alpha value is -2.09. The first-order valence-electron chi connectivity index (χ1n) is 7.96. The zero-order valence-electron chi connectivity index (χ0n) is 15.0. The van der Waals surface area contributed by atoms with Crippen LogP contribution in [0.25, 0.3) is 0 Å². The van der Waals surface area contributed by atoms with Gasteiger partial charge in [0, 0.05) is 24.3 Å². The summed E-state index contributed by atoms with van der Waals surface area (Å²) in [5.41, 5.74) is 2.33. The van der Waals surface area contributed by atoms with Crippen LogP contribution in [0.2, 0.25) is 0 Å². The average molecular weight is 398 g/mol. The number of nitrogens with one attached hydrogen (secondary N) is 3. The molecule has 8 heteroatoms. The summed E-state index contributed by atoms with van der Waals surface area (Å²) < 4.78 is 28.0. The molecule has 0 aromatic heterocycles. The van der Waals surface area contributed by atoms with Crippen molar-refractivity contribution in [2.45, 2.75) is 18.7 Å². The van der Waals surface area contributed by atoms with Gasteiger partial charge in [0.15, 0.2) is 0 Å². The molecule has 142 valence electrons. The lowest BCUT2D eigenvalue weighted by Gasteiger charge is -2.12. The molecule has 3 N–H and O–H groups in total. The first-order valence-corrected chi connectivity index (χ1v) is 9.45. The zero-order chi connectivity index (χ0) is 18.4. The van der Waals surface area contributed by atoms with Crippen molar-refractivity contribution in [2.24, 2.45) is 0 Å². The van der Waals surface area contributed by atoms with Gasteiger partial charge in [-0.1, -0.05) is 18.2 Å². The van der Waals surface area contributed by atoms with E-state index < -0.39 is 10.0 Å². The van der Waals surface area contributed by atoms with Crippen molar-refractivity contribution in [3.63, 3.8) is 0 Å². The molecule has 1 amide bonds. The number of likely N-dealkylation sites (N-methyl/N-ethyl adjacent to an activating group) is 1. The number of hydrogen-bond acceptors (Lipinski definition) is 4. The molecule has 0 aliphatic rings. The first-order chi connectivity index (χ1) is 11.8. The second-order valence-corrected chi connectivity index (χ2v) is 7.47. The standard InChI is InChI=1S/C18H23N3O3S.ClH/c1-13-5-4-6-16(11-13)21-25(23,24)17-12-15(8-7-14(17)2)18(22)20-10-9-19-3;/h4-8,11-12,19,21H,9-10H2,1-3H3,(H,20,22);1H. The normalized spacial score (nSPS) is 10.7. The van der Waals surface area contributed by atoms with Crippen LogP contribution in [0.3, 0.4) is 0 Å². The molecule has 0 spiro atoms. The Kier molecular flexibility index (Phi) is 8.08. The van der Waals surface area contributed by atoms with Crippen LogP contribution in [0.1, 0.15) is 21.5 Å². The van der Waals surface area contributed by atoms with Gasteiger partial charge in [0.25, 0.3) is 15.9 Å². The van der Waals surface area contributed by atoms with E-state index >= 15 is 0 Å². The van der Waals surface area contributed by atoms with Gasteiger partial charge >= 0.3 is 0 Å². The van der Waals surface area contributed by atoms with E-state index in [1.165, 1.54) is 6.07 Å². The molecular weight excluding hydrogens is 374 g/mol. The molecule has 6 nitrogen and oxygen atoms in total. The maximum absolute atomic E-state index is 12.7.